The van der Waals surface area contributed by atoms with Crippen molar-refractivity contribution in [3.63, 3.8) is 0 Å². The third-order valence-electron chi connectivity index (χ3n) is 1.79. The van der Waals surface area contributed by atoms with Crippen molar-refractivity contribution in [1.29, 1.82) is 0 Å². The van der Waals surface area contributed by atoms with Gasteiger partial charge >= 0.3 is 5.97 Å². The summed E-state index contributed by atoms with van der Waals surface area (Å²) in [5.74, 6) is -1.69. The van der Waals surface area contributed by atoms with E-state index in [2.05, 4.69) is 5.32 Å². The quantitative estimate of drug-likeness (QED) is 0.749. The Bertz CT molecular complexity index is 433. The number of carboxylic acid groups (broad SMARTS) is 1. The number of carbonyl (C=O) groups is 2. The van der Waals surface area contributed by atoms with Crippen molar-refractivity contribution in [3.05, 3.63) is 28.8 Å². The molecule has 1 unspecified atom stereocenters. The highest BCUT2D eigenvalue weighted by molar-refractivity contribution is 6.31. The maximum absolute atomic E-state index is 10.8. The summed E-state index contributed by atoms with van der Waals surface area (Å²) in [4.78, 5) is 21.4. The van der Waals surface area contributed by atoms with E-state index in [0.29, 0.717) is 5.69 Å². The summed E-state index contributed by atoms with van der Waals surface area (Å²) in [5, 5.41) is 20.6. The lowest BCUT2D eigenvalue weighted by molar-refractivity contribution is -0.146. The Morgan fingerprint density at radius 3 is 2.50 bits per heavy atom. The number of hydrogen-bond acceptors (Lipinski definition) is 3. The van der Waals surface area contributed by atoms with E-state index in [1.54, 1.807) is 0 Å². The maximum Gasteiger partial charge on any atom is 0.337 e. The van der Waals surface area contributed by atoms with Gasteiger partial charge in [0.25, 0.3) is 0 Å². The molecule has 5 nitrogen and oxygen atoms in total. The van der Waals surface area contributed by atoms with Crippen molar-refractivity contribution < 1.29 is 19.8 Å². The van der Waals surface area contributed by atoms with Crippen LogP contribution in [0.5, 0.6) is 0 Å². The molecule has 0 aliphatic rings. The van der Waals surface area contributed by atoms with Crippen molar-refractivity contribution in [2.75, 3.05) is 5.32 Å². The highest BCUT2D eigenvalue weighted by atomic mass is 35.5. The van der Waals surface area contributed by atoms with Crippen molar-refractivity contribution in [2.24, 2.45) is 0 Å². The van der Waals surface area contributed by atoms with Gasteiger partial charge in [0.15, 0.2) is 6.10 Å². The lowest BCUT2D eigenvalue weighted by Crippen LogP contribution is -2.12. The largest absolute Gasteiger partial charge is 0.479 e. The van der Waals surface area contributed by atoms with Crippen LogP contribution in [0.25, 0.3) is 0 Å². The number of carboxylic acids is 1. The zero-order valence-electron chi connectivity index (χ0n) is 8.40. The minimum absolute atomic E-state index is 0.115. The molecule has 0 aromatic heterocycles. The van der Waals surface area contributed by atoms with Gasteiger partial charge in [-0.15, -0.1) is 0 Å². The lowest BCUT2D eigenvalue weighted by Gasteiger charge is -2.09. The van der Waals surface area contributed by atoms with E-state index in [9.17, 15) is 14.7 Å². The van der Waals surface area contributed by atoms with Crippen LogP contribution in [0.1, 0.15) is 18.6 Å². The molecule has 1 aromatic rings. The number of carbonyl (C=O) groups excluding carboxylic acids is 1. The van der Waals surface area contributed by atoms with E-state index in [1.807, 2.05) is 0 Å². The number of nitrogens with one attached hydrogen (secondary N) is 1. The zero-order chi connectivity index (χ0) is 12.3. The highest BCUT2D eigenvalue weighted by Gasteiger charge is 2.17. The summed E-state index contributed by atoms with van der Waals surface area (Å²) in [6.45, 7) is 1.31. The summed E-state index contributed by atoms with van der Waals surface area (Å²) < 4.78 is 0. The fraction of sp³-hybridized carbons (Fsp3) is 0.200. The molecular formula is C10H10ClNO4. The highest BCUT2D eigenvalue weighted by Crippen LogP contribution is 2.23. The number of rotatable bonds is 3. The van der Waals surface area contributed by atoms with Gasteiger partial charge < -0.3 is 15.5 Å². The van der Waals surface area contributed by atoms with Crippen molar-refractivity contribution in [1.82, 2.24) is 0 Å². The molecular weight excluding hydrogens is 234 g/mol. The Labute approximate surface area is 96.7 Å². The molecule has 0 aliphatic heterocycles. The van der Waals surface area contributed by atoms with Crippen molar-refractivity contribution >= 4 is 29.2 Å². The van der Waals surface area contributed by atoms with Crippen LogP contribution in [0, 0.1) is 0 Å². The summed E-state index contributed by atoms with van der Waals surface area (Å²) in [6.07, 6.45) is -1.66. The second-order valence-corrected chi connectivity index (χ2v) is 3.63. The van der Waals surface area contributed by atoms with Gasteiger partial charge in [-0.05, 0) is 23.8 Å². The van der Waals surface area contributed by atoms with Crippen LogP contribution in [0.15, 0.2) is 18.2 Å². The molecule has 1 rings (SSSR count). The number of halogens is 1. The zero-order valence-corrected chi connectivity index (χ0v) is 9.15. The Morgan fingerprint density at radius 1 is 1.38 bits per heavy atom. The Hall–Kier alpha value is -1.59. The van der Waals surface area contributed by atoms with Gasteiger partial charge in [-0.3, -0.25) is 4.79 Å². The van der Waals surface area contributed by atoms with Crippen LogP contribution in [0.2, 0.25) is 5.02 Å². The fourth-order valence-corrected chi connectivity index (χ4v) is 1.43. The summed E-state index contributed by atoms with van der Waals surface area (Å²) >= 11 is 5.73. The third kappa shape index (κ3) is 3.22. The van der Waals surface area contributed by atoms with E-state index in [1.165, 1.54) is 25.1 Å². The second kappa shape index (κ2) is 4.96. The standard InChI is InChI=1S/C10H10ClNO4/c1-5(13)12-8-3-6(2-7(11)4-8)9(14)10(15)16/h2-4,9,14H,1H3,(H,12,13)(H,15,16). The lowest BCUT2D eigenvalue weighted by atomic mass is 10.1. The van der Waals surface area contributed by atoms with Crippen LogP contribution in [-0.4, -0.2) is 22.1 Å². The third-order valence-corrected chi connectivity index (χ3v) is 2.01. The topological polar surface area (TPSA) is 86.6 Å². The molecule has 0 heterocycles. The van der Waals surface area contributed by atoms with Crippen LogP contribution < -0.4 is 5.32 Å². The number of aliphatic hydroxyl groups excluding tert-OH is 1. The summed E-state index contributed by atoms with van der Waals surface area (Å²) in [6, 6.07) is 4.14. The summed E-state index contributed by atoms with van der Waals surface area (Å²) in [5.41, 5.74) is 0.457. The molecule has 0 spiro atoms. The predicted molar refractivity (Wildman–Crippen MR) is 58.4 cm³/mol. The molecule has 0 saturated carbocycles. The first-order valence-electron chi connectivity index (χ1n) is 4.39. The van der Waals surface area contributed by atoms with Crippen LogP contribution in [0.4, 0.5) is 5.69 Å². The summed E-state index contributed by atoms with van der Waals surface area (Å²) in [7, 11) is 0. The van der Waals surface area contributed by atoms with E-state index in [4.69, 9.17) is 16.7 Å². The molecule has 0 radical (unpaired) electrons. The smallest absolute Gasteiger partial charge is 0.337 e. The molecule has 86 valence electrons. The minimum Gasteiger partial charge on any atom is -0.479 e. The number of hydrogen-bond donors (Lipinski definition) is 3. The first-order valence-corrected chi connectivity index (χ1v) is 4.77. The monoisotopic (exact) mass is 243 g/mol. The molecule has 0 fully saturated rings. The van der Waals surface area contributed by atoms with Crippen LogP contribution >= 0.6 is 11.6 Å². The first kappa shape index (κ1) is 12.5. The van der Waals surface area contributed by atoms with Crippen molar-refractivity contribution in [3.8, 4) is 0 Å². The molecule has 0 saturated heterocycles. The normalized spacial score (nSPS) is 11.9. The van der Waals surface area contributed by atoms with Crippen LogP contribution in [-0.2, 0) is 9.59 Å². The molecule has 6 heteroatoms. The van der Waals surface area contributed by atoms with E-state index < -0.39 is 12.1 Å². The minimum atomic E-state index is -1.66. The van der Waals surface area contributed by atoms with E-state index in [-0.39, 0.29) is 16.5 Å². The average Bonchev–Trinajstić information content (AvgIpc) is 2.14. The molecule has 1 atom stereocenters. The Balaban J connectivity index is 3.07. The predicted octanol–water partition coefficient (Wildman–Crippen LogP) is 1.42. The van der Waals surface area contributed by atoms with E-state index in [0.717, 1.165) is 0 Å². The van der Waals surface area contributed by atoms with Gasteiger partial charge in [-0.1, -0.05) is 11.6 Å². The first-order chi connectivity index (χ1) is 7.40. The molecule has 1 amide bonds. The Kier molecular flexibility index (Phi) is 3.87. The number of aliphatic hydroxyl groups is 1. The molecule has 16 heavy (non-hydrogen) atoms. The maximum atomic E-state index is 10.8. The molecule has 0 bridgehead atoms. The van der Waals surface area contributed by atoms with Gasteiger partial charge in [-0.25, -0.2) is 4.79 Å². The number of amides is 1. The average molecular weight is 244 g/mol. The van der Waals surface area contributed by atoms with Crippen molar-refractivity contribution in [2.45, 2.75) is 13.0 Å². The van der Waals surface area contributed by atoms with Gasteiger partial charge in [-0.2, -0.15) is 0 Å². The number of aliphatic carboxylic acids is 1. The molecule has 3 N–H and O–H groups in total. The van der Waals surface area contributed by atoms with Gasteiger partial charge in [0, 0.05) is 17.6 Å². The van der Waals surface area contributed by atoms with Gasteiger partial charge in [0.2, 0.25) is 5.91 Å². The SMILES string of the molecule is CC(=O)Nc1cc(Cl)cc(C(O)C(=O)O)c1. The van der Waals surface area contributed by atoms with E-state index >= 15 is 0 Å². The molecule has 0 aliphatic carbocycles. The Morgan fingerprint density at radius 2 is 2.00 bits per heavy atom. The second-order valence-electron chi connectivity index (χ2n) is 3.20. The number of benzene rings is 1. The van der Waals surface area contributed by atoms with Crippen LogP contribution in [0.3, 0.4) is 0 Å². The fourth-order valence-electron chi connectivity index (χ4n) is 1.19. The molecule has 1 aromatic carbocycles. The number of anilines is 1. The van der Waals surface area contributed by atoms with Gasteiger partial charge in [0.1, 0.15) is 0 Å². The van der Waals surface area contributed by atoms with Gasteiger partial charge in [0.05, 0.1) is 0 Å².